The number of phenolic OH excluding ortho intramolecular Hbond substituents is 1. The zero-order chi connectivity index (χ0) is 18.0. The summed E-state index contributed by atoms with van der Waals surface area (Å²) in [6.45, 7) is 1.35. The number of fused-ring (bicyclic) bond motifs is 1. The maximum atomic E-state index is 12.4. The van der Waals surface area contributed by atoms with Gasteiger partial charge >= 0.3 is 5.63 Å². The molecule has 25 heavy (non-hydrogen) atoms. The first kappa shape index (κ1) is 16.3. The van der Waals surface area contributed by atoms with Gasteiger partial charge in [-0.1, -0.05) is 0 Å². The molecule has 3 N–H and O–H groups in total. The van der Waals surface area contributed by atoms with E-state index in [2.05, 4.69) is 10.6 Å². The molecule has 126 valence electrons. The maximum Gasteiger partial charge on any atom is 0.336 e. The van der Waals surface area contributed by atoms with E-state index < -0.39 is 11.5 Å². The summed E-state index contributed by atoms with van der Waals surface area (Å²) in [7, 11) is 0. The van der Waals surface area contributed by atoms with E-state index in [4.69, 9.17) is 4.42 Å². The molecule has 3 aromatic rings. The quantitative estimate of drug-likeness (QED) is 0.502. The largest absolute Gasteiger partial charge is 0.507 e. The summed E-state index contributed by atoms with van der Waals surface area (Å²) in [4.78, 5) is 34.7. The third-order valence-electron chi connectivity index (χ3n) is 3.44. The fourth-order valence-electron chi connectivity index (χ4n) is 2.35. The van der Waals surface area contributed by atoms with Crippen LogP contribution in [0.15, 0.2) is 57.7 Å². The summed E-state index contributed by atoms with van der Waals surface area (Å²) >= 11 is 0. The SMILES string of the molecule is CC(=O)Nc1ccc(O)c(C(=O)Nc2ccc3oc(=O)ccc3c2)c1. The lowest BCUT2D eigenvalue weighted by Gasteiger charge is -2.09. The van der Waals surface area contributed by atoms with Gasteiger partial charge in [0, 0.05) is 29.8 Å². The van der Waals surface area contributed by atoms with E-state index in [1.54, 1.807) is 24.3 Å². The molecule has 0 aliphatic carbocycles. The van der Waals surface area contributed by atoms with Crippen LogP contribution in [0, 0.1) is 0 Å². The first-order valence-electron chi connectivity index (χ1n) is 7.38. The highest BCUT2D eigenvalue weighted by Gasteiger charge is 2.13. The lowest BCUT2D eigenvalue weighted by molar-refractivity contribution is -0.114. The Labute approximate surface area is 141 Å². The highest BCUT2D eigenvalue weighted by Crippen LogP contribution is 2.24. The standard InChI is InChI=1S/C18H14N2O5/c1-10(21)19-13-3-5-15(22)14(9-13)18(24)20-12-4-6-16-11(8-12)2-7-17(23)25-16/h2-9,22H,1H3,(H,19,21)(H,20,24). The predicted molar refractivity (Wildman–Crippen MR) is 92.8 cm³/mol. The number of benzene rings is 2. The highest BCUT2D eigenvalue weighted by molar-refractivity contribution is 6.07. The number of nitrogens with one attached hydrogen (secondary N) is 2. The molecular weight excluding hydrogens is 324 g/mol. The Hall–Kier alpha value is -3.61. The summed E-state index contributed by atoms with van der Waals surface area (Å²) in [5.74, 6) is -1.03. The van der Waals surface area contributed by atoms with E-state index in [1.165, 1.54) is 31.2 Å². The van der Waals surface area contributed by atoms with Crippen LogP contribution in [0.25, 0.3) is 11.0 Å². The van der Waals surface area contributed by atoms with E-state index >= 15 is 0 Å². The molecule has 0 saturated heterocycles. The predicted octanol–water partition coefficient (Wildman–Crippen LogP) is 2.71. The molecule has 0 unspecified atom stereocenters. The van der Waals surface area contributed by atoms with Crippen LogP contribution in [-0.4, -0.2) is 16.9 Å². The molecule has 2 aromatic carbocycles. The van der Waals surface area contributed by atoms with Gasteiger partial charge in [-0.2, -0.15) is 0 Å². The van der Waals surface area contributed by atoms with Gasteiger partial charge in [-0.25, -0.2) is 4.79 Å². The molecular formula is C18H14N2O5. The van der Waals surface area contributed by atoms with Crippen molar-refractivity contribution >= 4 is 34.2 Å². The van der Waals surface area contributed by atoms with E-state index in [9.17, 15) is 19.5 Å². The van der Waals surface area contributed by atoms with Crippen molar-refractivity contribution in [2.75, 3.05) is 10.6 Å². The van der Waals surface area contributed by atoms with Crippen molar-refractivity contribution in [1.82, 2.24) is 0 Å². The van der Waals surface area contributed by atoms with Crippen LogP contribution in [0.2, 0.25) is 0 Å². The van der Waals surface area contributed by atoms with Gasteiger partial charge in [-0.3, -0.25) is 9.59 Å². The van der Waals surface area contributed by atoms with Gasteiger partial charge in [0.25, 0.3) is 5.91 Å². The second-order valence-electron chi connectivity index (χ2n) is 5.37. The maximum absolute atomic E-state index is 12.4. The van der Waals surface area contributed by atoms with E-state index in [-0.39, 0.29) is 17.2 Å². The Morgan fingerprint density at radius 2 is 1.68 bits per heavy atom. The van der Waals surface area contributed by atoms with Crippen LogP contribution < -0.4 is 16.3 Å². The Morgan fingerprint density at radius 3 is 2.44 bits per heavy atom. The number of carbonyl (C=O) groups is 2. The van der Waals surface area contributed by atoms with Crippen molar-refractivity contribution in [2.24, 2.45) is 0 Å². The smallest absolute Gasteiger partial charge is 0.336 e. The van der Waals surface area contributed by atoms with Crippen molar-refractivity contribution in [3.8, 4) is 5.75 Å². The summed E-state index contributed by atoms with van der Waals surface area (Å²) in [5, 5.41) is 15.7. The Bertz CT molecular complexity index is 1040. The minimum Gasteiger partial charge on any atom is -0.507 e. The third kappa shape index (κ3) is 3.66. The highest BCUT2D eigenvalue weighted by atomic mass is 16.4. The molecule has 7 heteroatoms. The van der Waals surface area contributed by atoms with Gasteiger partial charge < -0.3 is 20.2 Å². The van der Waals surface area contributed by atoms with Crippen LogP contribution in [-0.2, 0) is 4.79 Å². The summed E-state index contributed by atoms with van der Waals surface area (Å²) in [6, 6.07) is 11.9. The van der Waals surface area contributed by atoms with Crippen molar-refractivity contribution in [1.29, 1.82) is 0 Å². The van der Waals surface area contributed by atoms with Crippen molar-refractivity contribution in [3.05, 3.63) is 64.5 Å². The van der Waals surface area contributed by atoms with Crippen LogP contribution >= 0.6 is 0 Å². The molecule has 0 aliphatic heterocycles. The molecule has 0 atom stereocenters. The fourth-order valence-corrected chi connectivity index (χ4v) is 2.35. The summed E-state index contributed by atoms with van der Waals surface area (Å²) in [5.41, 5.74) is 0.836. The molecule has 0 saturated carbocycles. The van der Waals surface area contributed by atoms with Crippen LogP contribution in [0.1, 0.15) is 17.3 Å². The molecule has 0 bridgehead atoms. The van der Waals surface area contributed by atoms with Crippen LogP contribution in [0.3, 0.4) is 0 Å². The van der Waals surface area contributed by atoms with Crippen molar-refractivity contribution in [2.45, 2.75) is 6.92 Å². The number of anilines is 2. The minimum atomic E-state index is -0.540. The van der Waals surface area contributed by atoms with Crippen LogP contribution in [0.5, 0.6) is 5.75 Å². The fraction of sp³-hybridized carbons (Fsp3) is 0.0556. The molecule has 0 radical (unpaired) electrons. The minimum absolute atomic E-state index is 0.0194. The van der Waals surface area contributed by atoms with Gasteiger partial charge in [0.05, 0.1) is 5.56 Å². The molecule has 0 fully saturated rings. The first-order valence-corrected chi connectivity index (χ1v) is 7.38. The van der Waals surface area contributed by atoms with Gasteiger partial charge in [0.2, 0.25) is 5.91 Å². The van der Waals surface area contributed by atoms with E-state index in [1.807, 2.05) is 0 Å². The molecule has 2 amide bonds. The second kappa shape index (κ2) is 6.48. The Balaban J connectivity index is 1.88. The lowest BCUT2D eigenvalue weighted by atomic mass is 10.1. The summed E-state index contributed by atoms with van der Waals surface area (Å²) < 4.78 is 5.03. The second-order valence-corrected chi connectivity index (χ2v) is 5.37. The Morgan fingerprint density at radius 1 is 0.960 bits per heavy atom. The average molecular weight is 338 g/mol. The monoisotopic (exact) mass is 338 g/mol. The lowest BCUT2D eigenvalue weighted by Crippen LogP contribution is -2.13. The molecule has 0 spiro atoms. The average Bonchev–Trinajstić information content (AvgIpc) is 2.56. The van der Waals surface area contributed by atoms with E-state index in [0.717, 1.165) is 0 Å². The van der Waals surface area contributed by atoms with Gasteiger partial charge in [-0.05, 0) is 42.5 Å². The molecule has 3 rings (SSSR count). The number of rotatable bonds is 3. The van der Waals surface area contributed by atoms with Crippen molar-refractivity contribution in [3.63, 3.8) is 0 Å². The molecule has 1 aromatic heterocycles. The number of phenols is 1. The number of hydrogen-bond acceptors (Lipinski definition) is 5. The molecule has 7 nitrogen and oxygen atoms in total. The number of aromatic hydroxyl groups is 1. The number of hydrogen-bond donors (Lipinski definition) is 3. The zero-order valence-electron chi connectivity index (χ0n) is 13.2. The molecule has 0 aliphatic rings. The molecule has 1 heterocycles. The summed E-state index contributed by atoms with van der Waals surface area (Å²) in [6.07, 6.45) is 0. The first-order chi connectivity index (χ1) is 11.9. The number of carbonyl (C=O) groups excluding carboxylic acids is 2. The normalized spacial score (nSPS) is 10.4. The van der Waals surface area contributed by atoms with Crippen molar-refractivity contribution < 1.29 is 19.1 Å². The van der Waals surface area contributed by atoms with E-state index in [0.29, 0.717) is 22.3 Å². The number of amides is 2. The van der Waals surface area contributed by atoms with Gasteiger partial charge in [0.1, 0.15) is 11.3 Å². The third-order valence-corrected chi connectivity index (χ3v) is 3.44. The Kier molecular flexibility index (Phi) is 4.21. The van der Waals surface area contributed by atoms with Gasteiger partial charge in [0.15, 0.2) is 0 Å². The van der Waals surface area contributed by atoms with Crippen LogP contribution in [0.4, 0.5) is 11.4 Å². The topological polar surface area (TPSA) is 109 Å². The van der Waals surface area contributed by atoms with Gasteiger partial charge in [-0.15, -0.1) is 0 Å². The zero-order valence-corrected chi connectivity index (χ0v) is 13.2.